The highest BCUT2D eigenvalue weighted by atomic mass is 16.5. The minimum Gasteiger partial charge on any atom is -0.469 e. The molecule has 1 aliphatic rings. The highest BCUT2D eigenvalue weighted by molar-refractivity contribution is 5.76. The molecule has 0 aromatic heterocycles. The Hall–Kier alpha value is -1.26. The van der Waals surface area contributed by atoms with E-state index >= 15 is 0 Å². The molecule has 1 fully saturated rings. The van der Waals surface area contributed by atoms with E-state index in [1.165, 1.54) is 12.0 Å². The fourth-order valence-electron chi connectivity index (χ4n) is 1.64. The molecule has 0 atom stereocenters. The molecule has 1 rings (SSSR count). The SMILES string of the molecule is COC(=O)C1(C)CCN(C(=O)O)CC1. The van der Waals surface area contributed by atoms with Gasteiger partial charge in [-0.15, -0.1) is 0 Å². The van der Waals surface area contributed by atoms with Crippen LogP contribution in [-0.4, -0.2) is 42.3 Å². The summed E-state index contributed by atoms with van der Waals surface area (Å²) in [6.45, 7) is 2.62. The topological polar surface area (TPSA) is 66.8 Å². The van der Waals surface area contributed by atoms with Crippen LogP contribution in [0.2, 0.25) is 0 Å². The molecule has 1 amide bonds. The molecule has 0 bridgehead atoms. The van der Waals surface area contributed by atoms with Crippen LogP contribution in [0.5, 0.6) is 0 Å². The fourth-order valence-corrected chi connectivity index (χ4v) is 1.64. The Morgan fingerprint density at radius 3 is 2.21 bits per heavy atom. The lowest BCUT2D eigenvalue weighted by atomic mass is 9.80. The number of likely N-dealkylation sites (tertiary alicyclic amines) is 1. The smallest absolute Gasteiger partial charge is 0.407 e. The van der Waals surface area contributed by atoms with Gasteiger partial charge in [-0.1, -0.05) is 0 Å². The molecule has 0 spiro atoms. The fraction of sp³-hybridized carbons (Fsp3) is 0.778. The van der Waals surface area contributed by atoms with Gasteiger partial charge in [-0.3, -0.25) is 4.79 Å². The number of carbonyl (C=O) groups excluding carboxylic acids is 1. The second kappa shape index (κ2) is 3.86. The molecule has 0 aliphatic carbocycles. The maximum Gasteiger partial charge on any atom is 0.407 e. The van der Waals surface area contributed by atoms with E-state index in [9.17, 15) is 9.59 Å². The summed E-state index contributed by atoms with van der Waals surface area (Å²) < 4.78 is 4.68. The lowest BCUT2D eigenvalue weighted by molar-refractivity contribution is -0.154. The van der Waals surface area contributed by atoms with Crippen molar-refractivity contribution in [2.75, 3.05) is 20.2 Å². The highest BCUT2D eigenvalue weighted by Crippen LogP contribution is 2.31. The van der Waals surface area contributed by atoms with Gasteiger partial charge in [0.2, 0.25) is 0 Å². The van der Waals surface area contributed by atoms with Crippen molar-refractivity contribution in [3.05, 3.63) is 0 Å². The van der Waals surface area contributed by atoms with Crippen molar-refractivity contribution < 1.29 is 19.4 Å². The Bertz CT molecular complexity index is 243. The zero-order chi connectivity index (χ0) is 10.8. The van der Waals surface area contributed by atoms with Crippen LogP contribution in [-0.2, 0) is 9.53 Å². The average molecular weight is 201 g/mol. The predicted octanol–water partition coefficient (Wildman–Crippen LogP) is 0.939. The van der Waals surface area contributed by atoms with E-state index in [1.54, 1.807) is 0 Å². The van der Waals surface area contributed by atoms with E-state index < -0.39 is 11.5 Å². The molecule has 0 aromatic carbocycles. The van der Waals surface area contributed by atoms with Crippen molar-refractivity contribution in [2.24, 2.45) is 5.41 Å². The van der Waals surface area contributed by atoms with Gasteiger partial charge in [0.1, 0.15) is 0 Å². The number of nitrogens with zero attached hydrogens (tertiary/aromatic N) is 1. The number of hydrogen-bond donors (Lipinski definition) is 1. The van der Waals surface area contributed by atoms with Gasteiger partial charge in [0.05, 0.1) is 12.5 Å². The van der Waals surface area contributed by atoms with Crippen molar-refractivity contribution in [1.29, 1.82) is 0 Å². The third-order valence-corrected chi connectivity index (χ3v) is 2.82. The van der Waals surface area contributed by atoms with Crippen molar-refractivity contribution in [3.8, 4) is 0 Å². The number of carboxylic acid groups (broad SMARTS) is 1. The normalized spacial score (nSPS) is 20.3. The Morgan fingerprint density at radius 2 is 1.86 bits per heavy atom. The molecule has 0 aromatic rings. The predicted molar refractivity (Wildman–Crippen MR) is 49.0 cm³/mol. The summed E-state index contributed by atoms with van der Waals surface area (Å²) in [5.74, 6) is -0.248. The van der Waals surface area contributed by atoms with Gasteiger partial charge in [-0.2, -0.15) is 0 Å². The van der Waals surface area contributed by atoms with Gasteiger partial charge in [0.25, 0.3) is 0 Å². The summed E-state index contributed by atoms with van der Waals surface area (Å²) in [5, 5.41) is 8.71. The first-order chi connectivity index (χ1) is 6.49. The summed E-state index contributed by atoms with van der Waals surface area (Å²) in [6.07, 6.45) is 0.148. The zero-order valence-corrected chi connectivity index (χ0v) is 8.45. The third kappa shape index (κ3) is 1.97. The van der Waals surface area contributed by atoms with E-state index in [0.717, 1.165) is 0 Å². The molecule has 80 valence electrons. The minimum absolute atomic E-state index is 0.248. The van der Waals surface area contributed by atoms with E-state index in [4.69, 9.17) is 5.11 Å². The number of hydrogen-bond acceptors (Lipinski definition) is 3. The molecule has 5 heteroatoms. The van der Waals surface area contributed by atoms with E-state index in [-0.39, 0.29) is 5.97 Å². The minimum atomic E-state index is -0.920. The number of rotatable bonds is 1. The van der Waals surface area contributed by atoms with E-state index in [2.05, 4.69) is 4.74 Å². The summed E-state index contributed by atoms with van der Waals surface area (Å²) in [5.41, 5.74) is -0.513. The molecule has 0 radical (unpaired) electrons. The van der Waals surface area contributed by atoms with Crippen LogP contribution in [0.4, 0.5) is 4.79 Å². The first-order valence-corrected chi connectivity index (χ1v) is 4.56. The lowest BCUT2D eigenvalue weighted by Gasteiger charge is -2.35. The number of piperidine rings is 1. The highest BCUT2D eigenvalue weighted by Gasteiger charge is 2.38. The Balaban J connectivity index is 2.57. The number of esters is 1. The summed E-state index contributed by atoms with van der Waals surface area (Å²) in [4.78, 5) is 23.3. The first kappa shape index (κ1) is 10.8. The summed E-state index contributed by atoms with van der Waals surface area (Å²) in [6, 6.07) is 0. The molecule has 14 heavy (non-hydrogen) atoms. The van der Waals surface area contributed by atoms with E-state index in [1.807, 2.05) is 6.92 Å². The Morgan fingerprint density at radius 1 is 1.36 bits per heavy atom. The van der Waals surface area contributed by atoms with Gasteiger partial charge in [0.15, 0.2) is 0 Å². The van der Waals surface area contributed by atoms with Crippen LogP contribution in [0.15, 0.2) is 0 Å². The van der Waals surface area contributed by atoms with Gasteiger partial charge in [-0.05, 0) is 19.8 Å². The van der Waals surface area contributed by atoms with Crippen LogP contribution in [0.3, 0.4) is 0 Å². The Labute approximate surface area is 82.6 Å². The molecule has 0 saturated carbocycles. The first-order valence-electron chi connectivity index (χ1n) is 4.56. The van der Waals surface area contributed by atoms with Crippen molar-refractivity contribution in [2.45, 2.75) is 19.8 Å². The second-order valence-corrected chi connectivity index (χ2v) is 3.82. The molecule has 1 N–H and O–H groups in total. The number of ether oxygens (including phenoxy) is 1. The Kier molecular flexibility index (Phi) is 2.98. The molecule has 5 nitrogen and oxygen atoms in total. The van der Waals surface area contributed by atoms with Gasteiger partial charge < -0.3 is 14.7 Å². The second-order valence-electron chi connectivity index (χ2n) is 3.82. The van der Waals surface area contributed by atoms with Crippen LogP contribution in [0, 0.1) is 5.41 Å². The van der Waals surface area contributed by atoms with Crippen LogP contribution < -0.4 is 0 Å². The maximum absolute atomic E-state index is 11.4. The lowest BCUT2D eigenvalue weighted by Crippen LogP contribution is -2.45. The van der Waals surface area contributed by atoms with Crippen LogP contribution in [0.1, 0.15) is 19.8 Å². The molecular formula is C9H15NO4. The molecule has 1 heterocycles. The molecule has 1 aliphatic heterocycles. The number of carbonyl (C=O) groups is 2. The van der Waals surface area contributed by atoms with Gasteiger partial charge in [0, 0.05) is 13.1 Å². The van der Waals surface area contributed by atoms with Crippen LogP contribution >= 0.6 is 0 Å². The summed E-state index contributed by atoms with van der Waals surface area (Å²) >= 11 is 0. The van der Waals surface area contributed by atoms with Gasteiger partial charge >= 0.3 is 12.1 Å². The zero-order valence-electron chi connectivity index (χ0n) is 8.45. The molecule has 0 unspecified atom stereocenters. The molecule has 1 saturated heterocycles. The van der Waals surface area contributed by atoms with Crippen molar-refractivity contribution in [1.82, 2.24) is 4.90 Å². The summed E-state index contributed by atoms with van der Waals surface area (Å²) in [7, 11) is 1.36. The van der Waals surface area contributed by atoms with Crippen molar-refractivity contribution >= 4 is 12.1 Å². The quantitative estimate of drug-likeness (QED) is 0.641. The number of amides is 1. The van der Waals surface area contributed by atoms with Gasteiger partial charge in [-0.25, -0.2) is 4.79 Å². The maximum atomic E-state index is 11.4. The third-order valence-electron chi connectivity index (χ3n) is 2.82. The monoisotopic (exact) mass is 201 g/mol. The number of methoxy groups -OCH3 is 1. The standard InChI is InChI=1S/C9H15NO4/c1-9(7(11)14-2)3-5-10(6-4-9)8(12)13/h3-6H2,1-2H3,(H,12,13). The largest absolute Gasteiger partial charge is 0.469 e. The van der Waals surface area contributed by atoms with Crippen LogP contribution in [0.25, 0.3) is 0 Å². The van der Waals surface area contributed by atoms with E-state index in [0.29, 0.717) is 25.9 Å². The van der Waals surface area contributed by atoms with Crippen molar-refractivity contribution in [3.63, 3.8) is 0 Å². The average Bonchev–Trinajstić information content (AvgIpc) is 2.17. The molecular weight excluding hydrogens is 186 g/mol.